The molecular formula is C30H25NO5. The van der Waals surface area contributed by atoms with E-state index < -0.39 is 29.4 Å². The van der Waals surface area contributed by atoms with Crippen LogP contribution in [-0.4, -0.2) is 43.3 Å². The summed E-state index contributed by atoms with van der Waals surface area (Å²) in [6.07, 6.45) is 3.83. The Kier molecular flexibility index (Phi) is 5.07. The van der Waals surface area contributed by atoms with Crippen molar-refractivity contribution < 1.29 is 23.9 Å². The van der Waals surface area contributed by atoms with Crippen LogP contribution in [-0.2, 0) is 9.53 Å². The average Bonchev–Trinajstić information content (AvgIpc) is 3.35. The van der Waals surface area contributed by atoms with E-state index in [0.717, 1.165) is 11.3 Å². The van der Waals surface area contributed by atoms with Gasteiger partial charge in [-0.05, 0) is 24.6 Å². The lowest BCUT2D eigenvalue weighted by Gasteiger charge is -2.36. The van der Waals surface area contributed by atoms with Crippen LogP contribution in [0, 0.1) is 5.41 Å². The van der Waals surface area contributed by atoms with Gasteiger partial charge in [0.15, 0.2) is 11.6 Å². The summed E-state index contributed by atoms with van der Waals surface area (Å²) in [7, 11) is 1.34. The number of hydrogen-bond acceptors (Lipinski definition) is 6. The van der Waals surface area contributed by atoms with E-state index >= 15 is 0 Å². The molecule has 6 rings (SSSR count). The van der Waals surface area contributed by atoms with Crippen molar-refractivity contribution in [2.45, 2.75) is 24.9 Å². The molecule has 1 unspecified atom stereocenters. The van der Waals surface area contributed by atoms with Crippen LogP contribution >= 0.6 is 0 Å². The first kappa shape index (κ1) is 22.3. The lowest BCUT2D eigenvalue weighted by Crippen LogP contribution is -2.48. The molecule has 0 N–H and O–H groups in total. The first-order valence-corrected chi connectivity index (χ1v) is 12.1. The molecule has 1 spiro atoms. The van der Waals surface area contributed by atoms with Crippen molar-refractivity contribution >= 4 is 29.3 Å². The number of esters is 1. The number of para-hydroxylation sites is 2. The van der Waals surface area contributed by atoms with Gasteiger partial charge in [-0.25, -0.2) is 4.79 Å². The highest BCUT2D eigenvalue weighted by molar-refractivity contribution is 6.32. The predicted octanol–water partition coefficient (Wildman–Crippen LogP) is 4.69. The molecule has 0 radical (unpaired) electrons. The monoisotopic (exact) mass is 479 g/mol. The van der Waals surface area contributed by atoms with E-state index in [1.165, 1.54) is 7.11 Å². The van der Waals surface area contributed by atoms with Crippen molar-refractivity contribution in [3.63, 3.8) is 0 Å². The molecule has 1 saturated heterocycles. The number of methoxy groups -OCH3 is 1. The second-order valence-electron chi connectivity index (χ2n) is 9.26. The number of carbonyl (C=O) groups excluding carboxylic acids is 3. The average molecular weight is 480 g/mol. The van der Waals surface area contributed by atoms with Crippen LogP contribution in [0.3, 0.4) is 0 Å². The number of nitrogens with zero attached hydrogens (tertiary/aromatic N) is 1. The minimum atomic E-state index is -1.56. The summed E-state index contributed by atoms with van der Waals surface area (Å²) >= 11 is 0. The summed E-state index contributed by atoms with van der Waals surface area (Å²) in [5.41, 5.74) is 1.56. The van der Waals surface area contributed by atoms with Crippen LogP contribution in [0.5, 0.6) is 5.75 Å². The number of ether oxygens (including phenoxy) is 2. The maximum absolute atomic E-state index is 14.4. The van der Waals surface area contributed by atoms with Crippen molar-refractivity contribution in [3.05, 3.63) is 101 Å². The predicted molar refractivity (Wildman–Crippen MR) is 135 cm³/mol. The molecule has 2 aliphatic heterocycles. The van der Waals surface area contributed by atoms with Gasteiger partial charge in [-0.1, -0.05) is 72.8 Å². The highest BCUT2D eigenvalue weighted by Gasteiger charge is 2.72. The van der Waals surface area contributed by atoms with Gasteiger partial charge in [-0.3, -0.25) is 9.59 Å². The van der Waals surface area contributed by atoms with Gasteiger partial charge < -0.3 is 14.4 Å². The van der Waals surface area contributed by atoms with Crippen molar-refractivity contribution in [2.24, 2.45) is 5.41 Å². The minimum absolute atomic E-state index is 0.273. The van der Waals surface area contributed by atoms with Gasteiger partial charge in [0, 0.05) is 28.3 Å². The molecule has 3 atom stereocenters. The summed E-state index contributed by atoms with van der Waals surface area (Å²) in [5.74, 6) is -1.34. The van der Waals surface area contributed by atoms with Gasteiger partial charge in [0.1, 0.15) is 17.2 Å². The Bertz CT molecular complexity index is 1410. The van der Waals surface area contributed by atoms with Crippen molar-refractivity contribution in [1.82, 2.24) is 0 Å². The summed E-state index contributed by atoms with van der Waals surface area (Å²) in [5, 5.41) is 0. The van der Waals surface area contributed by atoms with Crippen LogP contribution in [0.4, 0.5) is 5.69 Å². The number of benzene rings is 3. The third-order valence-corrected chi connectivity index (χ3v) is 7.71. The molecule has 0 bridgehead atoms. The summed E-state index contributed by atoms with van der Waals surface area (Å²) < 4.78 is 11.3. The van der Waals surface area contributed by atoms with E-state index in [1.54, 1.807) is 24.3 Å². The van der Waals surface area contributed by atoms with Crippen LogP contribution in [0.15, 0.2) is 78.9 Å². The first-order chi connectivity index (χ1) is 17.6. The maximum atomic E-state index is 14.4. The number of anilines is 1. The Morgan fingerprint density at radius 2 is 1.56 bits per heavy atom. The number of fused-ring (bicyclic) bond motifs is 5. The fourth-order valence-electron chi connectivity index (χ4n) is 6.38. The quantitative estimate of drug-likeness (QED) is 0.399. The smallest absolute Gasteiger partial charge is 0.329 e. The number of ketones is 2. The number of Topliss-reactive ketones (excluding diaryl/α,β-unsaturated/α-hetero) is 2. The molecule has 180 valence electrons. The minimum Gasteiger partial charge on any atom is -0.494 e. The SMILES string of the molecule is CCOc1ccccc1[C@H]1[C@H](C(=O)OC)N2c3ccccc3C=CC2C12C(=O)c1ccccc1C2=O. The zero-order chi connectivity index (χ0) is 25.0. The second-order valence-corrected chi connectivity index (χ2v) is 9.26. The Hall–Kier alpha value is -4.19. The topological polar surface area (TPSA) is 72.9 Å². The van der Waals surface area contributed by atoms with Crippen molar-refractivity contribution in [1.29, 1.82) is 0 Å². The third-order valence-electron chi connectivity index (χ3n) is 7.71. The number of hydrogen-bond donors (Lipinski definition) is 0. The molecular weight excluding hydrogens is 454 g/mol. The Labute approximate surface area is 209 Å². The molecule has 1 aliphatic carbocycles. The van der Waals surface area contributed by atoms with E-state index in [1.807, 2.05) is 72.5 Å². The van der Waals surface area contributed by atoms with Crippen LogP contribution in [0.1, 0.15) is 44.7 Å². The highest BCUT2D eigenvalue weighted by Crippen LogP contribution is 2.61. The molecule has 3 aromatic rings. The zero-order valence-corrected chi connectivity index (χ0v) is 20.0. The van der Waals surface area contributed by atoms with Gasteiger partial charge in [0.25, 0.3) is 0 Å². The largest absolute Gasteiger partial charge is 0.494 e. The van der Waals surface area contributed by atoms with Crippen molar-refractivity contribution in [2.75, 3.05) is 18.6 Å². The molecule has 0 aromatic heterocycles. The Morgan fingerprint density at radius 3 is 2.25 bits per heavy atom. The van der Waals surface area contributed by atoms with Gasteiger partial charge in [0.2, 0.25) is 0 Å². The van der Waals surface area contributed by atoms with Gasteiger partial charge in [-0.2, -0.15) is 0 Å². The summed E-state index contributed by atoms with van der Waals surface area (Å²) in [6.45, 7) is 2.28. The van der Waals surface area contributed by atoms with Crippen LogP contribution in [0.25, 0.3) is 6.08 Å². The normalized spacial score (nSPS) is 22.8. The standard InChI is InChI=1S/C30H25NO5/c1-3-36-23-15-9-7-13-21(23)25-26(29(34)35-2)31-22-14-8-4-10-18(22)16-17-24(31)30(25)27(32)19-11-5-6-12-20(19)28(30)33/h4-17,24-26H,3H2,1-2H3/t24?,25-,26+/m0/s1. The molecule has 0 saturated carbocycles. The van der Waals surface area contributed by atoms with E-state index in [4.69, 9.17) is 9.47 Å². The van der Waals surface area contributed by atoms with Gasteiger partial charge >= 0.3 is 5.97 Å². The van der Waals surface area contributed by atoms with E-state index in [0.29, 0.717) is 29.0 Å². The molecule has 36 heavy (non-hydrogen) atoms. The van der Waals surface area contributed by atoms with E-state index in [-0.39, 0.29) is 11.6 Å². The maximum Gasteiger partial charge on any atom is 0.329 e. The molecule has 0 amide bonds. The summed E-state index contributed by atoms with van der Waals surface area (Å²) in [6, 6.07) is 20.4. The molecule has 6 heteroatoms. The zero-order valence-electron chi connectivity index (χ0n) is 20.0. The van der Waals surface area contributed by atoms with Gasteiger partial charge in [0.05, 0.1) is 19.8 Å². The summed E-state index contributed by atoms with van der Waals surface area (Å²) in [4.78, 5) is 44.4. The number of rotatable bonds is 4. The molecule has 1 fully saturated rings. The molecule has 6 nitrogen and oxygen atoms in total. The lowest BCUT2D eigenvalue weighted by molar-refractivity contribution is -0.142. The Balaban J connectivity index is 1.70. The van der Waals surface area contributed by atoms with Crippen LogP contribution in [0.2, 0.25) is 0 Å². The fraction of sp³-hybridized carbons (Fsp3) is 0.233. The fourth-order valence-corrected chi connectivity index (χ4v) is 6.38. The molecule has 2 heterocycles. The van der Waals surface area contributed by atoms with Crippen molar-refractivity contribution in [3.8, 4) is 5.75 Å². The van der Waals surface area contributed by atoms with Gasteiger partial charge in [-0.15, -0.1) is 0 Å². The second kappa shape index (κ2) is 8.19. The van der Waals surface area contributed by atoms with E-state index in [2.05, 4.69) is 0 Å². The molecule has 3 aromatic carbocycles. The number of carbonyl (C=O) groups is 3. The van der Waals surface area contributed by atoms with E-state index in [9.17, 15) is 14.4 Å². The van der Waals surface area contributed by atoms with Crippen LogP contribution < -0.4 is 9.64 Å². The molecule has 3 aliphatic rings. The lowest BCUT2D eigenvalue weighted by atomic mass is 9.64. The Morgan fingerprint density at radius 1 is 0.917 bits per heavy atom. The first-order valence-electron chi connectivity index (χ1n) is 12.1. The highest BCUT2D eigenvalue weighted by atomic mass is 16.5. The third kappa shape index (κ3) is 2.75.